The smallest absolute Gasteiger partial charge is 0.0761 e. The molecule has 3 aromatic carbocycles. The van der Waals surface area contributed by atoms with Gasteiger partial charge in [-0.05, 0) is 46.2 Å². The average molecular weight is 337 g/mol. The molecule has 1 aliphatic rings. The fourth-order valence-electron chi connectivity index (χ4n) is 3.43. The predicted octanol–water partition coefficient (Wildman–Crippen LogP) is 7.07. The summed E-state index contributed by atoms with van der Waals surface area (Å²) in [5.74, 6) is 1.35. The van der Waals surface area contributed by atoms with Crippen LogP contribution in [0.1, 0.15) is 70.3 Å². The van der Waals surface area contributed by atoms with Crippen LogP contribution in [-0.2, 0) is 0 Å². The van der Waals surface area contributed by atoms with Crippen molar-refractivity contribution < 1.29 is 5.11 Å². The topological polar surface area (TPSA) is 20.2 Å². The van der Waals surface area contributed by atoms with E-state index in [0.29, 0.717) is 11.8 Å². The van der Waals surface area contributed by atoms with Crippen LogP contribution >= 0.6 is 0 Å². The van der Waals surface area contributed by atoms with Crippen molar-refractivity contribution >= 4 is 10.8 Å². The molecule has 1 nitrogen and oxygen atoms in total. The predicted molar refractivity (Wildman–Crippen MR) is 111 cm³/mol. The van der Waals surface area contributed by atoms with Gasteiger partial charge in [0.15, 0.2) is 0 Å². The maximum atomic E-state index is 9.02. The van der Waals surface area contributed by atoms with Crippen molar-refractivity contribution in [2.45, 2.75) is 53.6 Å². The molecule has 0 heterocycles. The fraction of sp³-hybridized carbons (Fsp3) is 0.333. The molecule has 0 amide bonds. The molecule has 0 radical (unpaired) electrons. The second-order valence-electron chi connectivity index (χ2n) is 6.46. The van der Waals surface area contributed by atoms with Crippen molar-refractivity contribution in [3.05, 3.63) is 83.4 Å². The third-order valence-electron chi connectivity index (χ3n) is 4.98. The molecule has 0 saturated heterocycles. The van der Waals surface area contributed by atoms with Crippen molar-refractivity contribution in [1.82, 2.24) is 0 Å². The van der Waals surface area contributed by atoms with Crippen molar-refractivity contribution in [2.75, 3.05) is 0 Å². The van der Waals surface area contributed by atoms with Crippen LogP contribution in [0, 0.1) is 0 Å². The molecular weight excluding hydrogens is 304 g/mol. The van der Waals surface area contributed by atoms with Gasteiger partial charge < -0.3 is 5.11 Å². The molecule has 3 unspecified atom stereocenters. The summed E-state index contributed by atoms with van der Waals surface area (Å²) in [7, 11) is 0. The Morgan fingerprint density at radius 3 is 1.60 bits per heavy atom. The van der Waals surface area contributed by atoms with E-state index in [9.17, 15) is 0 Å². The molecule has 1 heteroatoms. The highest BCUT2D eigenvalue weighted by Crippen LogP contribution is 2.45. The van der Waals surface area contributed by atoms with Crippen LogP contribution in [0.4, 0.5) is 0 Å². The Balaban J connectivity index is 0.000000252. The largest absolute Gasteiger partial charge is 0.389 e. The van der Waals surface area contributed by atoms with Gasteiger partial charge in [-0.1, -0.05) is 95.4 Å². The van der Waals surface area contributed by atoms with Gasteiger partial charge in [-0.3, -0.25) is 0 Å². The Kier molecular flexibility index (Phi) is 7.38. The SMILES string of the molecule is C.C.CC(O)c1ccccc1.CC1c2cccc3cccc(c23)C1C. The van der Waals surface area contributed by atoms with Crippen LogP contribution in [0.25, 0.3) is 10.8 Å². The monoisotopic (exact) mass is 336 g/mol. The summed E-state index contributed by atoms with van der Waals surface area (Å²) < 4.78 is 0. The van der Waals surface area contributed by atoms with Gasteiger partial charge in [-0.15, -0.1) is 0 Å². The lowest BCUT2D eigenvalue weighted by molar-refractivity contribution is 0.199. The Morgan fingerprint density at radius 2 is 1.20 bits per heavy atom. The maximum Gasteiger partial charge on any atom is 0.0761 e. The Bertz CT molecular complexity index is 747. The van der Waals surface area contributed by atoms with Gasteiger partial charge in [0.1, 0.15) is 0 Å². The van der Waals surface area contributed by atoms with Gasteiger partial charge in [-0.2, -0.15) is 0 Å². The van der Waals surface area contributed by atoms with E-state index in [4.69, 9.17) is 5.11 Å². The van der Waals surface area contributed by atoms with Crippen molar-refractivity contribution in [2.24, 2.45) is 0 Å². The zero-order valence-electron chi connectivity index (χ0n) is 14.0. The third kappa shape index (κ3) is 4.11. The molecule has 1 N–H and O–H groups in total. The molecule has 0 fully saturated rings. The van der Waals surface area contributed by atoms with E-state index < -0.39 is 0 Å². The molecular formula is C24H32O. The molecule has 3 aromatic rings. The quantitative estimate of drug-likeness (QED) is 0.503. The number of rotatable bonds is 1. The summed E-state index contributed by atoms with van der Waals surface area (Å²) in [6.07, 6.45) is -0.341. The maximum absolute atomic E-state index is 9.02. The van der Waals surface area contributed by atoms with Gasteiger partial charge in [0, 0.05) is 0 Å². The van der Waals surface area contributed by atoms with Crippen LogP contribution < -0.4 is 0 Å². The van der Waals surface area contributed by atoms with Crippen LogP contribution in [-0.4, -0.2) is 5.11 Å². The van der Waals surface area contributed by atoms with E-state index in [2.05, 4.69) is 50.2 Å². The van der Waals surface area contributed by atoms with Gasteiger partial charge >= 0.3 is 0 Å². The van der Waals surface area contributed by atoms with Crippen LogP contribution in [0.3, 0.4) is 0 Å². The normalized spacial score (nSPS) is 18.4. The lowest BCUT2D eigenvalue weighted by atomic mass is 9.94. The molecule has 4 rings (SSSR count). The molecule has 0 aromatic heterocycles. The van der Waals surface area contributed by atoms with Gasteiger partial charge in [0.2, 0.25) is 0 Å². The van der Waals surface area contributed by atoms with Crippen LogP contribution in [0.5, 0.6) is 0 Å². The Hall–Kier alpha value is -2.12. The van der Waals surface area contributed by atoms with E-state index in [-0.39, 0.29) is 21.0 Å². The summed E-state index contributed by atoms with van der Waals surface area (Å²) in [6, 6.07) is 22.9. The molecule has 1 aliphatic carbocycles. The third-order valence-corrected chi connectivity index (χ3v) is 4.98. The summed E-state index contributed by atoms with van der Waals surface area (Å²) in [5.41, 5.74) is 4.04. The van der Waals surface area contributed by atoms with Crippen molar-refractivity contribution in [3.63, 3.8) is 0 Å². The molecule has 0 spiro atoms. The molecule has 134 valence electrons. The Morgan fingerprint density at radius 1 is 0.720 bits per heavy atom. The number of benzene rings is 3. The minimum atomic E-state index is -0.341. The molecule has 3 atom stereocenters. The van der Waals surface area contributed by atoms with Crippen molar-refractivity contribution in [1.29, 1.82) is 0 Å². The van der Waals surface area contributed by atoms with Gasteiger partial charge in [0.05, 0.1) is 6.10 Å². The van der Waals surface area contributed by atoms with E-state index in [1.807, 2.05) is 30.3 Å². The highest BCUT2D eigenvalue weighted by Gasteiger charge is 2.27. The van der Waals surface area contributed by atoms with E-state index >= 15 is 0 Å². The minimum Gasteiger partial charge on any atom is -0.389 e. The first-order valence-electron chi connectivity index (χ1n) is 8.34. The zero-order chi connectivity index (χ0) is 16.4. The number of hydrogen-bond donors (Lipinski definition) is 1. The standard InChI is InChI=1S/C14H14.C8H10O.2CH4/c1-9-10(2)13-8-4-6-11-5-3-7-12(9)14(11)13;1-7(9)8-5-3-2-4-6-8;;/h3-10H,1-2H3;2-7,9H,1H3;2*1H4. The van der Waals surface area contributed by atoms with E-state index in [1.165, 1.54) is 21.9 Å². The molecule has 0 saturated carbocycles. The highest BCUT2D eigenvalue weighted by molar-refractivity contribution is 5.92. The number of aliphatic hydroxyl groups is 1. The summed E-state index contributed by atoms with van der Waals surface area (Å²) >= 11 is 0. The fourth-order valence-corrected chi connectivity index (χ4v) is 3.43. The first kappa shape index (κ1) is 20.9. The Labute approximate surface area is 153 Å². The van der Waals surface area contributed by atoms with Crippen LogP contribution in [0.15, 0.2) is 66.7 Å². The lowest BCUT2D eigenvalue weighted by Gasteiger charge is -2.10. The number of hydrogen-bond acceptors (Lipinski definition) is 1. The average Bonchev–Trinajstić information content (AvgIpc) is 2.84. The van der Waals surface area contributed by atoms with Crippen LogP contribution in [0.2, 0.25) is 0 Å². The second-order valence-corrected chi connectivity index (χ2v) is 6.46. The minimum absolute atomic E-state index is 0. The molecule has 0 aliphatic heterocycles. The summed E-state index contributed by atoms with van der Waals surface area (Å²) in [6.45, 7) is 6.42. The zero-order valence-corrected chi connectivity index (χ0v) is 14.0. The van der Waals surface area contributed by atoms with Gasteiger partial charge in [0.25, 0.3) is 0 Å². The summed E-state index contributed by atoms with van der Waals surface area (Å²) in [5, 5.41) is 11.9. The second kappa shape index (κ2) is 8.82. The van der Waals surface area contributed by atoms with Gasteiger partial charge in [-0.25, -0.2) is 0 Å². The molecule has 0 bridgehead atoms. The first-order valence-corrected chi connectivity index (χ1v) is 8.34. The van der Waals surface area contributed by atoms with E-state index in [0.717, 1.165) is 5.56 Å². The summed E-state index contributed by atoms with van der Waals surface area (Å²) in [4.78, 5) is 0. The van der Waals surface area contributed by atoms with Crippen molar-refractivity contribution in [3.8, 4) is 0 Å². The molecule has 25 heavy (non-hydrogen) atoms. The number of aliphatic hydroxyl groups excluding tert-OH is 1. The van der Waals surface area contributed by atoms with E-state index in [1.54, 1.807) is 6.92 Å². The first-order chi connectivity index (χ1) is 11.1. The highest BCUT2D eigenvalue weighted by atomic mass is 16.3. The lowest BCUT2D eigenvalue weighted by Crippen LogP contribution is -1.95.